The first kappa shape index (κ1) is 17.1. The Hall–Kier alpha value is -3.26. The van der Waals surface area contributed by atoms with Crippen LogP contribution < -0.4 is 15.2 Å². The molecule has 24 heavy (non-hydrogen) atoms. The van der Waals surface area contributed by atoms with Crippen LogP contribution in [0.15, 0.2) is 48.0 Å². The zero-order chi connectivity index (χ0) is 17.5. The quantitative estimate of drug-likeness (QED) is 0.654. The van der Waals surface area contributed by atoms with Gasteiger partial charge in [-0.3, -0.25) is 4.79 Å². The summed E-state index contributed by atoms with van der Waals surface area (Å²) in [5.74, 6) is 0.321. The normalized spacial score (nSPS) is 10.8. The summed E-state index contributed by atoms with van der Waals surface area (Å²) in [6.45, 7) is 2.44. The molecule has 2 N–H and O–H groups in total. The van der Waals surface area contributed by atoms with Crippen LogP contribution in [0, 0.1) is 18.3 Å². The fourth-order valence-electron chi connectivity index (χ4n) is 2.06. The first-order valence-corrected chi connectivity index (χ1v) is 7.31. The molecule has 2 aromatic rings. The van der Waals surface area contributed by atoms with Crippen molar-refractivity contribution in [3.63, 3.8) is 0 Å². The zero-order valence-corrected chi connectivity index (χ0v) is 13.6. The molecular formula is C19H18N2O3. The van der Waals surface area contributed by atoms with Crippen LogP contribution in [0.25, 0.3) is 6.08 Å². The molecule has 0 atom stereocenters. The second kappa shape index (κ2) is 7.84. The van der Waals surface area contributed by atoms with Crippen LogP contribution in [0.5, 0.6) is 11.5 Å². The Labute approximate surface area is 140 Å². The van der Waals surface area contributed by atoms with E-state index < -0.39 is 5.91 Å². The van der Waals surface area contributed by atoms with Crippen molar-refractivity contribution in [3.8, 4) is 17.6 Å². The highest BCUT2D eigenvalue weighted by Crippen LogP contribution is 2.29. The lowest BCUT2D eigenvalue weighted by atomic mass is 10.1. The molecule has 0 aromatic heterocycles. The number of nitriles is 1. The Morgan fingerprint density at radius 3 is 2.50 bits per heavy atom. The van der Waals surface area contributed by atoms with E-state index in [2.05, 4.69) is 0 Å². The van der Waals surface area contributed by atoms with Crippen LogP contribution in [-0.4, -0.2) is 13.0 Å². The Balaban J connectivity index is 2.18. The number of hydrogen-bond donors (Lipinski definition) is 1. The van der Waals surface area contributed by atoms with Gasteiger partial charge in [-0.1, -0.05) is 35.9 Å². The third-order valence-corrected chi connectivity index (χ3v) is 3.40. The first-order chi connectivity index (χ1) is 11.5. The molecule has 0 aliphatic carbocycles. The first-order valence-electron chi connectivity index (χ1n) is 7.31. The number of ether oxygens (including phenoxy) is 2. The standard InChI is InChI=1S/C19H18N2O3/c1-13-3-5-14(6-4-13)12-24-17-8-7-15(10-18(17)23-2)9-16(11-20)19(21)22/h3-10H,12H2,1-2H3,(H2,21,22). The van der Waals surface area contributed by atoms with Crippen molar-refractivity contribution >= 4 is 12.0 Å². The number of carbonyl (C=O) groups is 1. The fourth-order valence-corrected chi connectivity index (χ4v) is 2.06. The number of benzene rings is 2. The summed E-state index contributed by atoms with van der Waals surface area (Å²) >= 11 is 0. The van der Waals surface area contributed by atoms with Gasteiger partial charge in [-0.2, -0.15) is 5.26 Å². The van der Waals surface area contributed by atoms with Gasteiger partial charge in [0.2, 0.25) is 0 Å². The molecule has 0 saturated heterocycles. The molecule has 0 aliphatic rings. The van der Waals surface area contributed by atoms with Crippen molar-refractivity contribution in [2.75, 3.05) is 7.11 Å². The van der Waals surface area contributed by atoms with Gasteiger partial charge in [-0.25, -0.2) is 0 Å². The van der Waals surface area contributed by atoms with Gasteiger partial charge in [0.1, 0.15) is 18.2 Å². The van der Waals surface area contributed by atoms with E-state index in [0.717, 1.165) is 5.56 Å². The number of hydrogen-bond acceptors (Lipinski definition) is 4. The topological polar surface area (TPSA) is 85.3 Å². The minimum Gasteiger partial charge on any atom is -0.493 e. The van der Waals surface area contributed by atoms with E-state index in [1.807, 2.05) is 31.2 Å². The Morgan fingerprint density at radius 2 is 1.92 bits per heavy atom. The van der Waals surface area contributed by atoms with Crippen molar-refractivity contribution in [2.24, 2.45) is 5.73 Å². The Bertz CT molecular complexity index is 802. The predicted molar refractivity (Wildman–Crippen MR) is 91.3 cm³/mol. The second-order valence-electron chi connectivity index (χ2n) is 5.22. The highest BCUT2D eigenvalue weighted by Gasteiger charge is 2.08. The minimum absolute atomic E-state index is 0.120. The van der Waals surface area contributed by atoms with Gasteiger partial charge in [0.25, 0.3) is 5.91 Å². The minimum atomic E-state index is -0.767. The molecular weight excluding hydrogens is 304 g/mol. The molecule has 5 heteroatoms. The van der Waals surface area contributed by atoms with Crippen molar-refractivity contribution in [1.29, 1.82) is 5.26 Å². The van der Waals surface area contributed by atoms with E-state index in [9.17, 15) is 4.79 Å². The van der Waals surface area contributed by atoms with Gasteiger partial charge in [-0.05, 0) is 36.3 Å². The second-order valence-corrected chi connectivity index (χ2v) is 5.22. The number of carbonyl (C=O) groups excluding carboxylic acids is 1. The van der Waals surface area contributed by atoms with Crippen molar-refractivity contribution in [2.45, 2.75) is 13.5 Å². The van der Waals surface area contributed by atoms with Gasteiger partial charge in [0.15, 0.2) is 11.5 Å². The molecule has 0 unspecified atom stereocenters. The van der Waals surface area contributed by atoms with Crippen molar-refractivity contribution in [3.05, 3.63) is 64.7 Å². The van der Waals surface area contributed by atoms with Gasteiger partial charge in [-0.15, -0.1) is 0 Å². The molecule has 0 spiro atoms. The maximum atomic E-state index is 11.1. The van der Waals surface area contributed by atoms with Gasteiger partial charge in [0.05, 0.1) is 7.11 Å². The summed E-state index contributed by atoms with van der Waals surface area (Å²) in [5, 5.41) is 8.89. The van der Waals surface area contributed by atoms with E-state index in [4.69, 9.17) is 20.5 Å². The SMILES string of the molecule is COc1cc(C=C(C#N)C(N)=O)ccc1OCc1ccc(C)cc1. The summed E-state index contributed by atoms with van der Waals surface area (Å²) in [4.78, 5) is 11.1. The average Bonchev–Trinajstić information content (AvgIpc) is 2.59. The van der Waals surface area contributed by atoms with Crippen LogP contribution in [0.3, 0.4) is 0 Å². The molecule has 0 radical (unpaired) electrons. The van der Waals surface area contributed by atoms with Gasteiger partial charge in [0, 0.05) is 0 Å². The molecule has 0 aliphatic heterocycles. The van der Waals surface area contributed by atoms with E-state index in [1.165, 1.54) is 18.7 Å². The largest absolute Gasteiger partial charge is 0.493 e. The molecule has 0 fully saturated rings. The van der Waals surface area contributed by atoms with E-state index in [-0.39, 0.29) is 5.57 Å². The van der Waals surface area contributed by atoms with E-state index in [1.54, 1.807) is 24.3 Å². The lowest BCUT2D eigenvalue weighted by molar-refractivity contribution is -0.114. The molecule has 2 rings (SSSR count). The highest BCUT2D eigenvalue weighted by molar-refractivity contribution is 6.00. The summed E-state index contributed by atoms with van der Waals surface area (Å²) in [6.07, 6.45) is 1.41. The number of aryl methyl sites for hydroxylation is 1. The van der Waals surface area contributed by atoms with Crippen LogP contribution in [0.4, 0.5) is 0 Å². The molecule has 2 aromatic carbocycles. The van der Waals surface area contributed by atoms with Gasteiger partial charge < -0.3 is 15.2 Å². The van der Waals surface area contributed by atoms with Crippen LogP contribution in [-0.2, 0) is 11.4 Å². The maximum absolute atomic E-state index is 11.1. The van der Waals surface area contributed by atoms with Crippen LogP contribution in [0.1, 0.15) is 16.7 Å². The lowest BCUT2D eigenvalue weighted by Gasteiger charge is -2.11. The Morgan fingerprint density at radius 1 is 1.21 bits per heavy atom. The lowest BCUT2D eigenvalue weighted by Crippen LogP contribution is -2.12. The van der Waals surface area contributed by atoms with Gasteiger partial charge >= 0.3 is 0 Å². The number of primary amides is 1. The van der Waals surface area contributed by atoms with Crippen molar-refractivity contribution < 1.29 is 14.3 Å². The highest BCUT2D eigenvalue weighted by atomic mass is 16.5. The van der Waals surface area contributed by atoms with Crippen molar-refractivity contribution in [1.82, 2.24) is 0 Å². The molecule has 0 heterocycles. The number of rotatable bonds is 6. The summed E-state index contributed by atoms with van der Waals surface area (Å²) < 4.78 is 11.1. The molecule has 0 saturated carbocycles. The summed E-state index contributed by atoms with van der Waals surface area (Å²) in [7, 11) is 1.53. The maximum Gasteiger partial charge on any atom is 0.259 e. The molecule has 5 nitrogen and oxygen atoms in total. The molecule has 122 valence electrons. The third-order valence-electron chi connectivity index (χ3n) is 3.40. The predicted octanol–water partition coefficient (Wildman–Crippen LogP) is 2.97. The Kier molecular flexibility index (Phi) is 5.58. The monoisotopic (exact) mass is 322 g/mol. The van der Waals surface area contributed by atoms with Crippen LogP contribution >= 0.6 is 0 Å². The number of amides is 1. The zero-order valence-electron chi connectivity index (χ0n) is 13.6. The summed E-state index contributed by atoms with van der Waals surface area (Å²) in [6, 6.07) is 15.0. The van der Waals surface area contributed by atoms with E-state index in [0.29, 0.717) is 23.7 Å². The van der Waals surface area contributed by atoms with Crippen LogP contribution in [0.2, 0.25) is 0 Å². The average molecular weight is 322 g/mol. The molecule has 0 bridgehead atoms. The fraction of sp³-hybridized carbons (Fsp3) is 0.158. The summed E-state index contributed by atoms with van der Waals surface area (Å²) in [5.41, 5.74) is 7.88. The number of methoxy groups -OCH3 is 1. The molecule has 1 amide bonds. The van der Waals surface area contributed by atoms with E-state index >= 15 is 0 Å². The number of nitrogens with two attached hydrogens (primary N) is 1. The number of nitrogens with zero attached hydrogens (tertiary/aromatic N) is 1. The third kappa shape index (κ3) is 4.37. The smallest absolute Gasteiger partial charge is 0.259 e.